The third-order valence-corrected chi connectivity index (χ3v) is 4.82. The summed E-state index contributed by atoms with van der Waals surface area (Å²) in [5, 5.41) is 15.0. The number of nitrogens with one attached hydrogen (secondary N) is 2. The average molecular weight is 352 g/mol. The molecule has 26 heavy (non-hydrogen) atoms. The van der Waals surface area contributed by atoms with Gasteiger partial charge in [-0.15, -0.1) is 0 Å². The van der Waals surface area contributed by atoms with Gasteiger partial charge in [-0.1, -0.05) is 42.5 Å². The highest BCUT2D eigenvalue weighted by Gasteiger charge is 2.54. The fourth-order valence-electron chi connectivity index (χ4n) is 3.60. The summed E-state index contributed by atoms with van der Waals surface area (Å²) in [5.41, 5.74) is 4.97. The van der Waals surface area contributed by atoms with Gasteiger partial charge < -0.3 is 0 Å². The number of benzene rings is 2. The highest BCUT2D eigenvalue weighted by Crippen LogP contribution is 2.37. The van der Waals surface area contributed by atoms with E-state index in [1.165, 1.54) is 12.1 Å². The van der Waals surface area contributed by atoms with Crippen molar-refractivity contribution < 1.29 is 14.5 Å². The second-order valence-electron chi connectivity index (χ2n) is 6.39. The molecule has 2 aromatic carbocycles. The molecule has 132 valence electrons. The molecule has 2 aliphatic heterocycles. The summed E-state index contributed by atoms with van der Waals surface area (Å²) in [6, 6.07) is 14.7. The summed E-state index contributed by atoms with van der Waals surface area (Å²) < 4.78 is 0. The van der Waals surface area contributed by atoms with Gasteiger partial charge in [-0.25, -0.2) is 10.4 Å². The summed E-state index contributed by atoms with van der Waals surface area (Å²) in [6.45, 7) is 0.464. The third-order valence-electron chi connectivity index (χ3n) is 4.82. The second-order valence-corrected chi connectivity index (χ2v) is 6.39. The van der Waals surface area contributed by atoms with Crippen LogP contribution in [-0.4, -0.2) is 27.8 Å². The fraction of sp³-hybridized carbons (Fsp3) is 0.222. The second kappa shape index (κ2) is 6.32. The van der Waals surface area contributed by atoms with Crippen LogP contribution in [0, 0.1) is 16.0 Å². The van der Waals surface area contributed by atoms with Gasteiger partial charge in [0.2, 0.25) is 11.8 Å². The lowest BCUT2D eigenvalue weighted by atomic mass is 9.91. The van der Waals surface area contributed by atoms with Crippen molar-refractivity contribution in [3.8, 4) is 0 Å². The van der Waals surface area contributed by atoms with E-state index in [-0.39, 0.29) is 17.5 Å². The number of carbonyl (C=O) groups is 2. The monoisotopic (exact) mass is 352 g/mol. The number of nitrogens with zero attached hydrogens (tertiary/aromatic N) is 2. The van der Waals surface area contributed by atoms with Gasteiger partial charge in [0.1, 0.15) is 6.04 Å². The van der Waals surface area contributed by atoms with Gasteiger partial charge in [-0.05, 0) is 11.1 Å². The van der Waals surface area contributed by atoms with E-state index in [1.807, 2.05) is 30.3 Å². The summed E-state index contributed by atoms with van der Waals surface area (Å²) in [5.74, 6) is -1.23. The first kappa shape index (κ1) is 16.4. The van der Waals surface area contributed by atoms with Crippen LogP contribution < -0.4 is 10.7 Å². The van der Waals surface area contributed by atoms with Crippen molar-refractivity contribution in [2.75, 3.05) is 0 Å². The molecule has 8 nitrogen and oxygen atoms in total. The van der Waals surface area contributed by atoms with Crippen molar-refractivity contribution in [2.24, 2.45) is 5.92 Å². The maximum Gasteiger partial charge on any atom is 0.269 e. The van der Waals surface area contributed by atoms with Crippen LogP contribution in [0.25, 0.3) is 0 Å². The molecule has 0 bridgehead atoms. The molecule has 0 saturated carbocycles. The van der Waals surface area contributed by atoms with Gasteiger partial charge in [0, 0.05) is 18.7 Å². The first-order valence-electron chi connectivity index (χ1n) is 8.20. The minimum absolute atomic E-state index is 0.0172. The number of fused-ring (bicyclic) bond motifs is 1. The molecule has 3 atom stereocenters. The van der Waals surface area contributed by atoms with Crippen LogP contribution in [0.4, 0.5) is 5.69 Å². The Kier molecular flexibility index (Phi) is 3.98. The minimum atomic E-state index is -0.608. The van der Waals surface area contributed by atoms with Crippen molar-refractivity contribution in [2.45, 2.75) is 18.6 Å². The lowest BCUT2D eigenvalue weighted by Gasteiger charge is -2.22. The zero-order valence-corrected chi connectivity index (χ0v) is 13.7. The number of nitro groups is 1. The molecular formula is C18H16N4O4. The third kappa shape index (κ3) is 2.75. The standard InChI is InChI=1S/C18H16N4O4/c23-17-14-15(12-6-8-13(9-7-12)22(25)26)20-21(16(14)18(24)19-17)10-11-4-2-1-3-5-11/h1-9,14-16,20H,10H2,(H,19,23,24)/t14-,15+,16-/m0/s1. The number of imide groups is 1. The number of non-ortho nitro benzene ring substituents is 1. The molecule has 0 radical (unpaired) electrons. The Bertz CT molecular complexity index is 869. The topological polar surface area (TPSA) is 105 Å². The number of nitro benzene ring substituents is 1. The maximum absolute atomic E-state index is 12.3. The van der Waals surface area contributed by atoms with E-state index < -0.39 is 22.9 Å². The van der Waals surface area contributed by atoms with Gasteiger partial charge in [0.25, 0.3) is 5.69 Å². The Hall–Kier alpha value is -3.10. The van der Waals surface area contributed by atoms with Crippen LogP contribution >= 0.6 is 0 Å². The van der Waals surface area contributed by atoms with Crippen LogP contribution in [0.15, 0.2) is 54.6 Å². The van der Waals surface area contributed by atoms with Crippen LogP contribution in [0.5, 0.6) is 0 Å². The molecule has 0 aromatic heterocycles. The Morgan fingerprint density at radius 3 is 2.35 bits per heavy atom. The predicted octanol–water partition coefficient (Wildman–Crippen LogP) is 1.30. The molecule has 2 aromatic rings. The lowest BCUT2D eigenvalue weighted by molar-refractivity contribution is -0.384. The Labute approximate surface area is 148 Å². The zero-order valence-electron chi connectivity index (χ0n) is 13.7. The average Bonchev–Trinajstić information content (AvgIpc) is 3.15. The Balaban J connectivity index is 1.64. The highest BCUT2D eigenvalue weighted by molar-refractivity contribution is 6.07. The largest absolute Gasteiger partial charge is 0.295 e. The highest BCUT2D eigenvalue weighted by atomic mass is 16.6. The number of hydrazine groups is 1. The molecule has 4 rings (SSSR count). The first-order valence-corrected chi connectivity index (χ1v) is 8.20. The smallest absolute Gasteiger partial charge is 0.269 e. The van der Waals surface area contributed by atoms with Crippen LogP contribution in [0.1, 0.15) is 17.2 Å². The molecule has 2 aliphatic rings. The first-order chi connectivity index (χ1) is 12.5. The molecule has 0 spiro atoms. The van der Waals surface area contributed by atoms with Crippen molar-refractivity contribution in [1.82, 2.24) is 15.8 Å². The molecule has 2 amide bonds. The van der Waals surface area contributed by atoms with E-state index in [4.69, 9.17) is 0 Å². The van der Waals surface area contributed by atoms with Crippen molar-refractivity contribution >= 4 is 17.5 Å². The molecular weight excluding hydrogens is 336 g/mol. The summed E-state index contributed by atoms with van der Waals surface area (Å²) in [4.78, 5) is 35.0. The molecule has 0 unspecified atom stereocenters. The van der Waals surface area contributed by atoms with Crippen molar-refractivity contribution in [1.29, 1.82) is 0 Å². The van der Waals surface area contributed by atoms with Crippen molar-refractivity contribution in [3.63, 3.8) is 0 Å². The molecule has 2 saturated heterocycles. The maximum atomic E-state index is 12.3. The molecule has 2 fully saturated rings. The van der Waals surface area contributed by atoms with E-state index in [0.29, 0.717) is 6.54 Å². The molecule has 0 aliphatic carbocycles. The predicted molar refractivity (Wildman–Crippen MR) is 91.4 cm³/mol. The number of hydrogen-bond acceptors (Lipinski definition) is 6. The van der Waals surface area contributed by atoms with Gasteiger partial charge >= 0.3 is 0 Å². The number of hydrogen-bond donors (Lipinski definition) is 2. The zero-order chi connectivity index (χ0) is 18.3. The Morgan fingerprint density at radius 1 is 1.00 bits per heavy atom. The van der Waals surface area contributed by atoms with Crippen LogP contribution in [0.2, 0.25) is 0 Å². The van der Waals surface area contributed by atoms with E-state index in [2.05, 4.69) is 10.7 Å². The quantitative estimate of drug-likeness (QED) is 0.488. The Morgan fingerprint density at radius 2 is 1.69 bits per heavy atom. The molecule has 8 heteroatoms. The van der Waals surface area contributed by atoms with Gasteiger partial charge in [0.15, 0.2) is 0 Å². The molecule has 2 N–H and O–H groups in total. The lowest BCUT2D eigenvalue weighted by Crippen LogP contribution is -2.43. The minimum Gasteiger partial charge on any atom is -0.295 e. The summed E-state index contributed by atoms with van der Waals surface area (Å²) in [6.07, 6.45) is 0. The van der Waals surface area contributed by atoms with Gasteiger partial charge in [0.05, 0.1) is 16.9 Å². The van der Waals surface area contributed by atoms with Crippen molar-refractivity contribution in [3.05, 3.63) is 75.8 Å². The SMILES string of the molecule is O=C1NC(=O)[C@@H]2[C@@H]1[C@@H](c1ccc([N+](=O)[O-])cc1)NN2Cc1ccccc1. The number of amides is 2. The summed E-state index contributed by atoms with van der Waals surface area (Å²) >= 11 is 0. The van der Waals surface area contributed by atoms with E-state index in [0.717, 1.165) is 11.1 Å². The van der Waals surface area contributed by atoms with Crippen LogP contribution in [0.3, 0.4) is 0 Å². The van der Waals surface area contributed by atoms with Gasteiger partial charge in [-0.2, -0.15) is 0 Å². The van der Waals surface area contributed by atoms with Crippen LogP contribution in [-0.2, 0) is 16.1 Å². The number of rotatable bonds is 4. The summed E-state index contributed by atoms with van der Waals surface area (Å²) in [7, 11) is 0. The van der Waals surface area contributed by atoms with Gasteiger partial charge in [-0.3, -0.25) is 25.0 Å². The van der Waals surface area contributed by atoms with E-state index >= 15 is 0 Å². The van der Waals surface area contributed by atoms with E-state index in [9.17, 15) is 19.7 Å². The number of carbonyl (C=O) groups excluding carboxylic acids is 2. The van der Waals surface area contributed by atoms with E-state index in [1.54, 1.807) is 17.1 Å². The molecule has 2 heterocycles. The normalized spacial score (nSPS) is 25.2. The fourth-order valence-corrected chi connectivity index (χ4v) is 3.60.